The second kappa shape index (κ2) is 4.84. The average Bonchev–Trinajstić information content (AvgIpc) is 2.16. The molecule has 0 aliphatic carbocycles. The highest BCUT2D eigenvalue weighted by atomic mass is 35.5. The molecule has 80 valence electrons. The van der Waals surface area contributed by atoms with Gasteiger partial charge in [-0.2, -0.15) is 0 Å². The minimum atomic E-state index is -0.982. The Hall–Kier alpha value is -1.48. The van der Waals surface area contributed by atoms with E-state index >= 15 is 0 Å². The number of carboxylic acid groups (broad SMARTS) is 1. The number of halogens is 1. The third-order valence-electron chi connectivity index (χ3n) is 1.82. The predicted octanol–water partition coefficient (Wildman–Crippen LogP) is 2.82. The van der Waals surface area contributed by atoms with E-state index in [0.29, 0.717) is 10.8 Å². The smallest absolute Gasteiger partial charge is 0.335 e. The van der Waals surface area contributed by atoms with E-state index in [1.165, 1.54) is 12.1 Å². The van der Waals surface area contributed by atoms with Crippen molar-refractivity contribution in [1.29, 1.82) is 0 Å². The van der Waals surface area contributed by atoms with Crippen molar-refractivity contribution in [3.8, 4) is 5.75 Å². The lowest BCUT2D eigenvalue weighted by molar-refractivity contribution is 0.0696. The number of hydrogen-bond acceptors (Lipinski definition) is 2. The van der Waals surface area contributed by atoms with Gasteiger partial charge in [-0.05, 0) is 24.6 Å². The van der Waals surface area contributed by atoms with Crippen LogP contribution in [-0.4, -0.2) is 17.7 Å². The van der Waals surface area contributed by atoms with Crippen molar-refractivity contribution in [2.45, 2.75) is 6.92 Å². The number of benzene rings is 1. The number of hydrogen-bond donors (Lipinski definition) is 1. The molecule has 0 fully saturated rings. The number of aromatic carboxylic acids is 1. The number of ether oxygens (including phenoxy) is 1. The zero-order valence-corrected chi connectivity index (χ0v) is 9.04. The predicted molar refractivity (Wildman–Crippen MR) is 58.6 cm³/mol. The minimum absolute atomic E-state index is 0.172. The molecule has 4 heteroatoms. The Labute approximate surface area is 92.9 Å². The van der Waals surface area contributed by atoms with Crippen LogP contribution >= 0.6 is 11.6 Å². The van der Waals surface area contributed by atoms with E-state index in [1.54, 1.807) is 6.07 Å². The van der Waals surface area contributed by atoms with Gasteiger partial charge in [0, 0.05) is 5.03 Å². The van der Waals surface area contributed by atoms with Gasteiger partial charge in [-0.15, -0.1) is 0 Å². The van der Waals surface area contributed by atoms with Crippen LogP contribution < -0.4 is 4.74 Å². The van der Waals surface area contributed by atoms with Crippen LogP contribution in [-0.2, 0) is 0 Å². The molecule has 15 heavy (non-hydrogen) atoms. The van der Waals surface area contributed by atoms with E-state index in [2.05, 4.69) is 6.58 Å². The highest BCUT2D eigenvalue weighted by molar-refractivity contribution is 6.29. The molecule has 0 amide bonds. The van der Waals surface area contributed by atoms with E-state index in [-0.39, 0.29) is 12.2 Å². The molecule has 1 aromatic carbocycles. The molecule has 3 nitrogen and oxygen atoms in total. The Kier molecular flexibility index (Phi) is 3.74. The maximum Gasteiger partial charge on any atom is 0.335 e. The molecule has 0 aromatic heterocycles. The van der Waals surface area contributed by atoms with Gasteiger partial charge >= 0.3 is 5.97 Å². The first kappa shape index (κ1) is 11.6. The summed E-state index contributed by atoms with van der Waals surface area (Å²) < 4.78 is 5.29. The zero-order valence-electron chi connectivity index (χ0n) is 8.29. The van der Waals surface area contributed by atoms with Crippen LogP contribution in [0.3, 0.4) is 0 Å². The standard InChI is InChI=1S/C11H11ClO3/c1-7-3-4-9(11(13)14)5-10(7)15-6-8(2)12/h3-5H,2,6H2,1H3,(H,13,14). The summed E-state index contributed by atoms with van der Waals surface area (Å²) >= 11 is 5.55. The van der Waals surface area contributed by atoms with Gasteiger partial charge in [0.15, 0.2) is 0 Å². The normalized spacial score (nSPS) is 9.73. The molecule has 0 aliphatic heterocycles. The van der Waals surface area contributed by atoms with Crippen molar-refractivity contribution in [3.05, 3.63) is 40.9 Å². The highest BCUT2D eigenvalue weighted by Gasteiger charge is 2.06. The first-order chi connectivity index (χ1) is 7.00. The van der Waals surface area contributed by atoms with Gasteiger partial charge in [0.2, 0.25) is 0 Å². The van der Waals surface area contributed by atoms with E-state index in [9.17, 15) is 4.79 Å². The summed E-state index contributed by atoms with van der Waals surface area (Å²) in [6.07, 6.45) is 0. The summed E-state index contributed by atoms with van der Waals surface area (Å²) in [5.74, 6) is -0.471. The fourth-order valence-corrected chi connectivity index (χ4v) is 1.10. The summed E-state index contributed by atoms with van der Waals surface area (Å²) in [6.45, 7) is 5.48. The topological polar surface area (TPSA) is 46.5 Å². The van der Waals surface area contributed by atoms with Gasteiger partial charge in [-0.1, -0.05) is 24.2 Å². The Morgan fingerprint density at radius 2 is 2.27 bits per heavy atom. The van der Waals surface area contributed by atoms with Gasteiger partial charge in [-0.25, -0.2) is 4.79 Å². The molecular weight excluding hydrogens is 216 g/mol. The quantitative estimate of drug-likeness (QED) is 0.859. The number of carbonyl (C=O) groups is 1. The molecule has 0 spiro atoms. The van der Waals surface area contributed by atoms with Crippen molar-refractivity contribution in [2.75, 3.05) is 6.61 Å². The van der Waals surface area contributed by atoms with Crippen LogP contribution in [0.4, 0.5) is 0 Å². The molecule has 0 atom stereocenters. The summed E-state index contributed by atoms with van der Waals surface area (Å²) in [5, 5.41) is 9.15. The molecule has 1 N–H and O–H groups in total. The Morgan fingerprint density at radius 1 is 1.60 bits per heavy atom. The summed E-state index contributed by atoms with van der Waals surface area (Å²) in [7, 11) is 0. The first-order valence-corrected chi connectivity index (χ1v) is 4.68. The van der Waals surface area contributed by atoms with Crippen LogP contribution in [0, 0.1) is 6.92 Å². The second-order valence-corrected chi connectivity index (χ2v) is 3.63. The number of aryl methyl sites for hydroxylation is 1. The minimum Gasteiger partial charge on any atom is -0.488 e. The van der Waals surface area contributed by atoms with E-state index in [0.717, 1.165) is 5.56 Å². The van der Waals surface area contributed by atoms with Gasteiger partial charge in [0.05, 0.1) is 5.56 Å². The second-order valence-electron chi connectivity index (χ2n) is 3.09. The lowest BCUT2D eigenvalue weighted by atomic mass is 10.1. The van der Waals surface area contributed by atoms with Gasteiger partial charge in [-0.3, -0.25) is 0 Å². The highest BCUT2D eigenvalue weighted by Crippen LogP contribution is 2.20. The molecule has 0 unspecified atom stereocenters. The maximum absolute atomic E-state index is 10.7. The fraction of sp³-hybridized carbons (Fsp3) is 0.182. The van der Waals surface area contributed by atoms with E-state index in [1.807, 2.05) is 6.92 Å². The van der Waals surface area contributed by atoms with Crippen molar-refractivity contribution < 1.29 is 14.6 Å². The van der Waals surface area contributed by atoms with Gasteiger partial charge < -0.3 is 9.84 Å². The molecule has 0 heterocycles. The Morgan fingerprint density at radius 3 is 2.80 bits per heavy atom. The van der Waals surface area contributed by atoms with Crippen molar-refractivity contribution in [1.82, 2.24) is 0 Å². The Bertz CT molecular complexity index is 399. The lowest BCUT2D eigenvalue weighted by Crippen LogP contribution is -2.01. The summed E-state index contributed by atoms with van der Waals surface area (Å²) in [5.41, 5.74) is 1.05. The summed E-state index contributed by atoms with van der Waals surface area (Å²) in [6, 6.07) is 4.69. The third-order valence-corrected chi connectivity index (χ3v) is 1.93. The van der Waals surface area contributed by atoms with Crippen LogP contribution in [0.2, 0.25) is 0 Å². The largest absolute Gasteiger partial charge is 0.488 e. The maximum atomic E-state index is 10.7. The van der Waals surface area contributed by atoms with E-state index in [4.69, 9.17) is 21.4 Å². The van der Waals surface area contributed by atoms with E-state index < -0.39 is 5.97 Å². The molecular formula is C11H11ClO3. The first-order valence-electron chi connectivity index (χ1n) is 4.30. The average molecular weight is 227 g/mol. The molecule has 1 aromatic rings. The van der Waals surface area contributed by atoms with Crippen LogP contribution in [0.1, 0.15) is 15.9 Å². The van der Waals surface area contributed by atoms with Crippen molar-refractivity contribution in [2.24, 2.45) is 0 Å². The van der Waals surface area contributed by atoms with Gasteiger partial charge in [0.25, 0.3) is 0 Å². The van der Waals surface area contributed by atoms with Gasteiger partial charge in [0.1, 0.15) is 12.4 Å². The molecule has 0 saturated carbocycles. The molecule has 0 saturated heterocycles. The number of carboxylic acids is 1. The molecule has 1 rings (SSSR count). The lowest BCUT2D eigenvalue weighted by Gasteiger charge is -2.08. The fourth-order valence-electron chi connectivity index (χ4n) is 1.04. The van der Waals surface area contributed by atoms with Crippen molar-refractivity contribution >= 4 is 17.6 Å². The van der Waals surface area contributed by atoms with Crippen LogP contribution in [0.15, 0.2) is 29.8 Å². The third kappa shape index (κ3) is 3.29. The monoisotopic (exact) mass is 226 g/mol. The van der Waals surface area contributed by atoms with Crippen LogP contribution in [0.25, 0.3) is 0 Å². The number of rotatable bonds is 4. The molecule has 0 aliphatic rings. The summed E-state index contributed by atoms with van der Waals surface area (Å²) in [4.78, 5) is 10.7. The molecule has 0 bridgehead atoms. The Balaban J connectivity index is 2.90. The van der Waals surface area contributed by atoms with Crippen molar-refractivity contribution in [3.63, 3.8) is 0 Å². The zero-order chi connectivity index (χ0) is 11.4. The molecule has 0 radical (unpaired) electrons. The SMILES string of the molecule is C=C(Cl)COc1cc(C(=O)O)ccc1C. The van der Waals surface area contributed by atoms with Crippen LogP contribution in [0.5, 0.6) is 5.75 Å².